The van der Waals surface area contributed by atoms with Gasteiger partial charge in [-0.25, -0.2) is 14.0 Å². The van der Waals surface area contributed by atoms with Gasteiger partial charge in [0.05, 0.1) is 6.61 Å². The molecule has 6 nitrogen and oxygen atoms in total. The minimum Gasteiger partial charge on any atom is -0.356 e. The van der Waals surface area contributed by atoms with E-state index in [1.165, 1.54) is 7.05 Å². The molecule has 1 aromatic carbocycles. The molecule has 19 heavy (non-hydrogen) atoms. The summed E-state index contributed by atoms with van der Waals surface area (Å²) in [5, 5.41) is 3.73. The molecular weight excluding hydrogens is 314 g/mol. The molecule has 0 N–H and O–H groups in total. The monoisotopic (exact) mass is 325 g/mol. The normalized spacial score (nSPS) is 10.6. The zero-order valence-corrected chi connectivity index (χ0v) is 11.8. The number of aryl methyl sites for hydroxylation is 1. The maximum Gasteiger partial charge on any atom is 0.349 e. The Bertz CT molecular complexity index is 645. The van der Waals surface area contributed by atoms with Crippen LogP contribution in [0.2, 0.25) is 0 Å². The van der Waals surface area contributed by atoms with Crippen molar-refractivity contribution >= 4 is 15.9 Å². The molecule has 0 amide bonds. The first-order valence-corrected chi connectivity index (χ1v) is 6.34. The van der Waals surface area contributed by atoms with E-state index in [4.69, 9.17) is 4.74 Å². The Morgan fingerprint density at radius 1 is 1.26 bits per heavy atom. The molecule has 1 aromatic heterocycles. The fourth-order valence-corrected chi connectivity index (χ4v) is 1.98. The van der Waals surface area contributed by atoms with Crippen LogP contribution in [-0.4, -0.2) is 14.3 Å². The van der Waals surface area contributed by atoms with Gasteiger partial charge < -0.3 is 4.74 Å². The average Bonchev–Trinajstić information content (AvgIpc) is 2.42. The van der Waals surface area contributed by atoms with E-state index in [9.17, 15) is 9.59 Å². The summed E-state index contributed by atoms with van der Waals surface area (Å²) in [4.78, 5) is 23.5. The fraction of sp³-hybridized carbons (Fsp3) is 0.250. The molecule has 0 aliphatic heterocycles. The molecule has 100 valence electrons. The summed E-state index contributed by atoms with van der Waals surface area (Å²) >= 11 is 3.01. The second-order valence-electron chi connectivity index (χ2n) is 3.89. The Kier molecular flexibility index (Phi) is 4.28. The van der Waals surface area contributed by atoms with E-state index in [-0.39, 0.29) is 11.3 Å². The molecule has 0 aliphatic carbocycles. The van der Waals surface area contributed by atoms with E-state index in [0.29, 0.717) is 6.61 Å². The standard InChI is InChI=1S/C12H12BrN3O3/c1-15-12(18)16(11(17)10(13)14-15)8-19-7-9-5-3-2-4-6-9/h2-6H,7-8H2,1H3. The summed E-state index contributed by atoms with van der Waals surface area (Å²) in [6.07, 6.45) is 0. The summed E-state index contributed by atoms with van der Waals surface area (Å²) in [7, 11) is 1.47. The van der Waals surface area contributed by atoms with Crippen molar-refractivity contribution in [3.63, 3.8) is 0 Å². The van der Waals surface area contributed by atoms with Gasteiger partial charge in [0, 0.05) is 7.05 Å². The third kappa shape index (κ3) is 3.18. The molecule has 1 heterocycles. The third-order valence-corrected chi connectivity index (χ3v) is 3.00. The van der Waals surface area contributed by atoms with Crippen molar-refractivity contribution in [2.24, 2.45) is 7.05 Å². The number of halogens is 1. The first-order valence-electron chi connectivity index (χ1n) is 5.55. The number of hydrogen-bond donors (Lipinski definition) is 0. The van der Waals surface area contributed by atoms with Crippen LogP contribution in [0.3, 0.4) is 0 Å². The highest BCUT2D eigenvalue weighted by molar-refractivity contribution is 9.10. The van der Waals surface area contributed by atoms with Crippen LogP contribution in [0, 0.1) is 0 Å². The molecule has 2 rings (SSSR count). The molecular formula is C12H12BrN3O3. The number of ether oxygens (including phenoxy) is 1. The Hall–Kier alpha value is -1.73. The third-order valence-electron chi connectivity index (χ3n) is 2.50. The smallest absolute Gasteiger partial charge is 0.349 e. The number of hydrogen-bond acceptors (Lipinski definition) is 4. The SMILES string of the molecule is Cn1nc(Br)c(=O)n(COCc2ccccc2)c1=O. The minimum absolute atomic E-state index is 0.0814. The molecule has 0 aliphatic rings. The summed E-state index contributed by atoms with van der Waals surface area (Å²) in [6.45, 7) is 0.220. The summed E-state index contributed by atoms with van der Waals surface area (Å²) in [6, 6.07) is 9.51. The van der Waals surface area contributed by atoms with Gasteiger partial charge >= 0.3 is 5.69 Å². The molecule has 0 atom stereocenters. The molecule has 0 saturated carbocycles. The van der Waals surface area contributed by atoms with Crippen molar-refractivity contribution in [3.8, 4) is 0 Å². The largest absolute Gasteiger partial charge is 0.356 e. The van der Waals surface area contributed by atoms with Gasteiger partial charge in [0.15, 0.2) is 4.60 Å². The van der Waals surface area contributed by atoms with Crippen LogP contribution in [0.15, 0.2) is 44.5 Å². The van der Waals surface area contributed by atoms with Crippen LogP contribution in [0.5, 0.6) is 0 Å². The maximum absolute atomic E-state index is 11.7. The van der Waals surface area contributed by atoms with Crippen LogP contribution in [-0.2, 0) is 25.1 Å². The van der Waals surface area contributed by atoms with Crippen LogP contribution < -0.4 is 11.2 Å². The van der Waals surface area contributed by atoms with E-state index in [0.717, 1.165) is 14.8 Å². The quantitative estimate of drug-likeness (QED) is 0.837. The first kappa shape index (κ1) is 13.7. The van der Waals surface area contributed by atoms with E-state index in [1.54, 1.807) is 0 Å². The predicted molar refractivity (Wildman–Crippen MR) is 72.7 cm³/mol. The Morgan fingerprint density at radius 2 is 1.95 bits per heavy atom. The second-order valence-corrected chi connectivity index (χ2v) is 4.64. The molecule has 0 saturated heterocycles. The average molecular weight is 326 g/mol. The van der Waals surface area contributed by atoms with Crippen molar-refractivity contribution < 1.29 is 4.74 Å². The van der Waals surface area contributed by atoms with Gasteiger partial charge in [-0.05, 0) is 21.5 Å². The molecule has 7 heteroatoms. The maximum atomic E-state index is 11.7. The van der Waals surface area contributed by atoms with E-state index >= 15 is 0 Å². The van der Waals surface area contributed by atoms with Gasteiger partial charge in [-0.1, -0.05) is 30.3 Å². The van der Waals surface area contributed by atoms with E-state index in [1.807, 2.05) is 30.3 Å². The van der Waals surface area contributed by atoms with Crippen molar-refractivity contribution in [1.29, 1.82) is 0 Å². The van der Waals surface area contributed by atoms with Crippen molar-refractivity contribution in [3.05, 3.63) is 61.3 Å². The lowest BCUT2D eigenvalue weighted by molar-refractivity contribution is 0.0571. The summed E-state index contributed by atoms with van der Waals surface area (Å²) in [5.74, 6) is 0. The zero-order chi connectivity index (χ0) is 13.8. The highest BCUT2D eigenvalue weighted by Gasteiger charge is 2.08. The lowest BCUT2D eigenvalue weighted by Crippen LogP contribution is -2.41. The highest BCUT2D eigenvalue weighted by Crippen LogP contribution is 2.00. The Morgan fingerprint density at radius 3 is 2.63 bits per heavy atom. The minimum atomic E-state index is -0.513. The summed E-state index contributed by atoms with van der Waals surface area (Å²) in [5.41, 5.74) is -0.0436. The van der Waals surface area contributed by atoms with Gasteiger partial charge in [-0.15, -0.1) is 0 Å². The lowest BCUT2D eigenvalue weighted by Gasteiger charge is -2.08. The zero-order valence-electron chi connectivity index (χ0n) is 10.2. The van der Waals surface area contributed by atoms with Crippen molar-refractivity contribution in [2.75, 3.05) is 0 Å². The number of nitrogens with zero attached hydrogens (tertiary/aromatic N) is 3. The summed E-state index contributed by atoms with van der Waals surface area (Å²) < 4.78 is 7.53. The van der Waals surface area contributed by atoms with E-state index in [2.05, 4.69) is 21.0 Å². The van der Waals surface area contributed by atoms with Gasteiger partial charge in [-0.2, -0.15) is 5.10 Å². The van der Waals surface area contributed by atoms with Crippen LogP contribution in [0.4, 0.5) is 0 Å². The molecule has 0 unspecified atom stereocenters. The molecule has 0 spiro atoms. The highest BCUT2D eigenvalue weighted by atomic mass is 79.9. The number of benzene rings is 1. The second kappa shape index (κ2) is 5.94. The van der Waals surface area contributed by atoms with Gasteiger partial charge in [-0.3, -0.25) is 4.79 Å². The van der Waals surface area contributed by atoms with Crippen molar-refractivity contribution in [1.82, 2.24) is 14.3 Å². The van der Waals surface area contributed by atoms with Crippen LogP contribution in [0.1, 0.15) is 5.56 Å². The number of rotatable bonds is 4. The van der Waals surface area contributed by atoms with Gasteiger partial charge in [0.2, 0.25) is 0 Å². The fourth-order valence-electron chi connectivity index (χ4n) is 1.53. The lowest BCUT2D eigenvalue weighted by atomic mass is 10.2. The number of aromatic nitrogens is 3. The van der Waals surface area contributed by atoms with Crippen LogP contribution in [0.25, 0.3) is 0 Å². The van der Waals surface area contributed by atoms with E-state index < -0.39 is 11.2 Å². The molecule has 0 fully saturated rings. The Balaban J connectivity index is 2.13. The molecule has 0 radical (unpaired) electrons. The molecule has 0 bridgehead atoms. The molecule has 2 aromatic rings. The van der Waals surface area contributed by atoms with Gasteiger partial charge in [0.25, 0.3) is 5.56 Å². The first-order chi connectivity index (χ1) is 9.09. The Labute approximate surface area is 117 Å². The predicted octanol–water partition coefficient (Wildman–Crippen LogP) is 0.879. The van der Waals surface area contributed by atoms with Crippen molar-refractivity contribution in [2.45, 2.75) is 13.3 Å². The van der Waals surface area contributed by atoms with Gasteiger partial charge in [0.1, 0.15) is 6.73 Å². The van der Waals surface area contributed by atoms with Crippen LogP contribution >= 0.6 is 15.9 Å². The topological polar surface area (TPSA) is 66.1 Å².